The molecule has 0 fully saturated rings. The van der Waals surface area contributed by atoms with Crippen molar-refractivity contribution < 1.29 is 9.32 Å². The topological polar surface area (TPSA) is 68.0 Å². The maximum absolute atomic E-state index is 12.7. The summed E-state index contributed by atoms with van der Waals surface area (Å²) >= 11 is 0. The van der Waals surface area contributed by atoms with E-state index in [-0.39, 0.29) is 5.91 Å². The van der Waals surface area contributed by atoms with E-state index in [2.05, 4.69) is 33.7 Å². The van der Waals surface area contributed by atoms with Crippen LogP contribution in [0.25, 0.3) is 0 Å². The van der Waals surface area contributed by atoms with Crippen molar-refractivity contribution in [1.29, 1.82) is 0 Å². The van der Waals surface area contributed by atoms with E-state index in [1.807, 2.05) is 30.3 Å². The van der Waals surface area contributed by atoms with Gasteiger partial charge in [0, 0.05) is 0 Å². The zero-order valence-corrected chi connectivity index (χ0v) is 14.7. The van der Waals surface area contributed by atoms with E-state index in [1.165, 1.54) is 17.5 Å². The molecule has 5 nitrogen and oxygen atoms in total. The number of carbonyl (C=O) groups is 1. The number of nitrogens with zero attached hydrogens (tertiary/aromatic N) is 2. The lowest BCUT2D eigenvalue weighted by Gasteiger charge is -2.16. The molecule has 4 rings (SSSR count). The summed E-state index contributed by atoms with van der Waals surface area (Å²) in [5, 5.41) is 6.90. The molecule has 1 amide bonds. The quantitative estimate of drug-likeness (QED) is 0.769. The van der Waals surface area contributed by atoms with Gasteiger partial charge in [-0.3, -0.25) is 4.79 Å². The van der Waals surface area contributed by atoms with Gasteiger partial charge in [-0.2, -0.15) is 4.98 Å². The van der Waals surface area contributed by atoms with Crippen molar-refractivity contribution in [3.05, 3.63) is 82.5 Å². The summed E-state index contributed by atoms with van der Waals surface area (Å²) in [5.41, 5.74) is 4.75. The SMILES string of the molecule is Cc1noc([C@H](NC(=O)Cc2ccc3c(c2)CCC3)c2ccccc2)n1. The van der Waals surface area contributed by atoms with Crippen molar-refractivity contribution >= 4 is 5.91 Å². The summed E-state index contributed by atoms with van der Waals surface area (Å²) in [5.74, 6) is 0.887. The van der Waals surface area contributed by atoms with Crippen molar-refractivity contribution in [2.75, 3.05) is 0 Å². The summed E-state index contributed by atoms with van der Waals surface area (Å²) in [4.78, 5) is 17.0. The minimum atomic E-state index is -0.445. The van der Waals surface area contributed by atoms with Crippen LogP contribution in [0.5, 0.6) is 0 Å². The largest absolute Gasteiger partial charge is 0.340 e. The summed E-state index contributed by atoms with van der Waals surface area (Å²) < 4.78 is 5.32. The normalized spacial score (nSPS) is 14.0. The van der Waals surface area contributed by atoms with Crippen LogP contribution in [0, 0.1) is 6.92 Å². The standard InChI is InChI=1S/C21H21N3O2/c1-14-22-21(26-24-14)20(17-6-3-2-4-7-17)23-19(25)13-15-10-11-16-8-5-9-18(16)12-15/h2-4,6-7,10-12,20H,5,8-9,13H2,1H3,(H,23,25)/t20-/m1/s1. The van der Waals surface area contributed by atoms with Gasteiger partial charge < -0.3 is 9.84 Å². The van der Waals surface area contributed by atoms with Gasteiger partial charge in [-0.15, -0.1) is 0 Å². The zero-order chi connectivity index (χ0) is 17.9. The van der Waals surface area contributed by atoms with E-state index < -0.39 is 6.04 Å². The second-order valence-corrected chi connectivity index (χ2v) is 6.72. The molecule has 1 heterocycles. The number of benzene rings is 2. The molecular weight excluding hydrogens is 326 g/mol. The highest BCUT2D eigenvalue weighted by molar-refractivity contribution is 5.79. The molecule has 26 heavy (non-hydrogen) atoms. The van der Waals surface area contributed by atoms with Crippen LogP contribution >= 0.6 is 0 Å². The van der Waals surface area contributed by atoms with Crippen LogP contribution in [0.1, 0.15) is 46.4 Å². The highest BCUT2D eigenvalue weighted by Gasteiger charge is 2.23. The van der Waals surface area contributed by atoms with Gasteiger partial charge in [0.05, 0.1) is 6.42 Å². The molecular formula is C21H21N3O2. The minimum Gasteiger partial charge on any atom is -0.340 e. The van der Waals surface area contributed by atoms with Gasteiger partial charge in [0.15, 0.2) is 5.82 Å². The number of fused-ring (bicyclic) bond motifs is 1. The fourth-order valence-electron chi connectivity index (χ4n) is 3.50. The first-order chi connectivity index (χ1) is 12.7. The summed E-state index contributed by atoms with van der Waals surface area (Å²) in [7, 11) is 0. The minimum absolute atomic E-state index is 0.0624. The van der Waals surface area contributed by atoms with E-state index in [1.54, 1.807) is 6.92 Å². The fourth-order valence-corrected chi connectivity index (χ4v) is 3.50. The third-order valence-electron chi connectivity index (χ3n) is 4.76. The molecule has 3 aromatic rings. The Bertz CT molecular complexity index is 918. The predicted octanol–water partition coefficient (Wildman–Crippen LogP) is 3.32. The molecule has 1 atom stereocenters. The van der Waals surface area contributed by atoms with E-state index in [4.69, 9.17) is 4.52 Å². The van der Waals surface area contributed by atoms with E-state index in [0.717, 1.165) is 24.0 Å². The first-order valence-corrected chi connectivity index (χ1v) is 8.94. The summed E-state index contributed by atoms with van der Waals surface area (Å²) in [6, 6.07) is 15.6. The highest BCUT2D eigenvalue weighted by Crippen LogP contribution is 2.24. The Morgan fingerprint density at radius 1 is 1.15 bits per heavy atom. The summed E-state index contributed by atoms with van der Waals surface area (Å²) in [6.45, 7) is 1.77. The van der Waals surface area contributed by atoms with Crippen LogP contribution in [-0.2, 0) is 24.1 Å². The second-order valence-electron chi connectivity index (χ2n) is 6.72. The molecule has 0 saturated carbocycles. The van der Waals surface area contributed by atoms with Gasteiger partial charge in [-0.05, 0) is 48.4 Å². The number of aryl methyl sites for hydroxylation is 3. The molecule has 0 saturated heterocycles. The van der Waals surface area contributed by atoms with Gasteiger partial charge in [0.1, 0.15) is 6.04 Å². The van der Waals surface area contributed by atoms with Crippen molar-refractivity contribution in [3.8, 4) is 0 Å². The lowest BCUT2D eigenvalue weighted by Crippen LogP contribution is -2.30. The Balaban J connectivity index is 1.53. The number of carbonyl (C=O) groups excluding carboxylic acids is 1. The molecule has 0 radical (unpaired) electrons. The number of nitrogens with one attached hydrogen (secondary N) is 1. The van der Waals surface area contributed by atoms with Crippen LogP contribution in [-0.4, -0.2) is 16.0 Å². The molecule has 5 heteroatoms. The first kappa shape index (κ1) is 16.5. The molecule has 0 bridgehead atoms. The molecule has 2 aromatic carbocycles. The lowest BCUT2D eigenvalue weighted by atomic mass is 10.0. The van der Waals surface area contributed by atoms with Gasteiger partial charge >= 0.3 is 0 Å². The van der Waals surface area contributed by atoms with Gasteiger partial charge in [-0.25, -0.2) is 0 Å². The van der Waals surface area contributed by atoms with Gasteiger partial charge in [0.25, 0.3) is 5.89 Å². The highest BCUT2D eigenvalue weighted by atomic mass is 16.5. The van der Waals surface area contributed by atoms with E-state index in [0.29, 0.717) is 18.1 Å². The molecule has 1 aliphatic rings. The number of hydrogen-bond donors (Lipinski definition) is 1. The Kier molecular flexibility index (Phi) is 4.52. The molecule has 1 aliphatic carbocycles. The molecule has 0 unspecified atom stereocenters. The Hall–Kier alpha value is -2.95. The van der Waals surface area contributed by atoms with Crippen molar-refractivity contribution in [1.82, 2.24) is 15.5 Å². The van der Waals surface area contributed by atoms with Crippen LogP contribution in [0.3, 0.4) is 0 Å². The molecule has 0 spiro atoms. The second kappa shape index (κ2) is 7.12. The maximum Gasteiger partial charge on any atom is 0.253 e. The lowest BCUT2D eigenvalue weighted by molar-refractivity contribution is -0.121. The molecule has 0 aliphatic heterocycles. The third-order valence-corrected chi connectivity index (χ3v) is 4.76. The zero-order valence-electron chi connectivity index (χ0n) is 14.7. The summed E-state index contributed by atoms with van der Waals surface area (Å²) in [6.07, 6.45) is 3.80. The predicted molar refractivity (Wildman–Crippen MR) is 97.6 cm³/mol. The average molecular weight is 347 g/mol. The van der Waals surface area contributed by atoms with Crippen LogP contribution in [0.2, 0.25) is 0 Å². The monoisotopic (exact) mass is 347 g/mol. The average Bonchev–Trinajstić information content (AvgIpc) is 3.29. The Morgan fingerprint density at radius 3 is 2.73 bits per heavy atom. The number of hydrogen-bond acceptors (Lipinski definition) is 4. The molecule has 1 aromatic heterocycles. The number of aromatic nitrogens is 2. The van der Waals surface area contributed by atoms with Crippen LogP contribution in [0.15, 0.2) is 53.1 Å². The van der Waals surface area contributed by atoms with E-state index >= 15 is 0 Å². The van der Waals surface area contributed by atoms with Crippen molar-refractivity contribution in [2.24, 2.45) is 0 Å². The first-order valence-electron chi connectivity index (χ1n) is 8.94. The number of rotatable bonds is 5. The van der Waals surface area contributed by atoms with Crippen molar-refractivity contribution in [2.45, 2.75) is 38.6 Å². The molecule has 132 valence electrons. The maximum atomic E-state index is 12.7. The van der Waals surface area contributed by atoms with Crippen LogP contribution < -0.4 is 5.32 Å². The van der Waals surface area contributed by atoms with E-state index in [9.17, 15) is 4.79 Å². The third kappa shape index (κ3) is 3.52. The van der Waals surface area contributed by atoms with Gasteiger partial charge in [0.2, 0.25) is 5.91 Å². The fraction of sp³-hybridized carbons (Fsp3) is 0.286. The van der Waals surface area contributed by atoms with Gasteiger partial charge in [-0.1, -0.05) is 53.7 Å². The smallest absolute Gasteiger partial charge is 0.253 e. The number of amides is 1. The molecule has 1 N–H and O–H groups in total. The van der Waals surface area contributed by atoms with Crippen LogP contribution in [0.4, 0.5) is 0 Å². The Morgan fingerprint density at radius 2 is 1.96 bits per heavy atom. The Labute approximate surface area is 152 Å². The van der Waals surface area contributed by atoms with Crippen molar-refractivity contribution in [3.63, 3.8) is 0 Å².